The third kappa shape index (κ3) is 5.67. The molecule has 0 unspecified atom stereocenters. The standard InChI is InChI=1S/C34H30F2N6O/c1-4-42-20-27(25-15-16-37-33-26(25)18-30(39-33)22-13-11-21(12-14-22)19-41(2)3)32(40-42)23-7-5-8-24(17-23)38-34(43)31-28(35)9-6-10-29(31)36/h5-18,20H,4,19H2,1-3H3,(H,37,39)(H,38,43). The highest BCUT2D eigenvalue weighted by Crippen LogP contribution is 2.37. The van der Waals surface area contributed by atoms with Crippen LogP contribution in [0.3, 0.4) is 0 Å². The zero-order chi connectivity index (χ0) is 30.1. The van der Waals surface area contributed by atoms with Crippen LogP contribution in [0.2, 0.25) is 0 Å². The second kappa shape index (κ2) is 11.6. The molecule has 0 aliphatic heterocycles. The number of anilines is 1. The topological polar surface area (TPSA) is 78.8 Å². The van der Waals surface area contributed by atoms with E-state index >= 15 is 0 Å². The van der Waals surface area contributed by atoms with Gasteiger partial charge in [-0.05, 0) is 74.1 Å². The Morgan fingerprint density at radius 2 is 1.67 bits per heavy atom. The van der Waals surface area contributed by atoms with Gasteiger partial charge in [-0.2, -0.15) is 5.10 Å². The van der Waals surface area contributed by atoms with Gasteiger partial charge < -0.3 is 15.2 Å². The molecule has 6 aromatic rings. The van der Waals surface area contributed by atoms with Crippen molar-refractivity contribution in [1.29, 1.82) is 0 Å². The number of benzene rings is 3. The third-order valence-corrected chi connectivity index (χ3v) is 7.26. The van der Waals surface area contributed by atoms with Crippen molar-refractivity contribution < 1.29 is 13.6 Å². The first-order chi connectivity index (χ1) is 20.8. The number of nitrogens with zero attached hydrogens (tertiary/aromatic N) is 4. The molecular formula is C34H30F2N6O. The van der Waals surface area contributed by atoms with Gasteiger partial charge in [0.1, 0.15) is 28.5 Å². The number of pyridine rings is 1. The second-order valence-electron chi connectivity index (χ2n) is 10.6. The SMILES string of the molecule is CCn1cc(-c2ccnc3[nH]c(-c4ccc(CN(C)C)cc4)cc23)c(-c2cccc(NC(=O)c3c(F)cccc3F)c2)n1. The molecule has 0 aliphatic rings. The lowest BCUT2D eigenvalue weighted by Crippen LogP contribution is -2.15. The molecule has 0 fully saturated rings. The number of aromatic amines is 1. The van der Waals surface area contributed by atoms with Crippen LogP contribution < -0.4 is 5.32 Å². The fraction of sp³-hybridized carbons (Fsp3) is 0.147. The fourth-order valence-electron chi connectivity index (χ4n) is 5.22. The molecule has 216 valence electrons. The van der Waals surface area contributed by atoms with Crippen molar-refractivity contribution in [3.63, 3.8) is 0 Å². The normalized spacial score (nSPS) is 11.4. The molecule has 0 spiro atoms. The monoisotopic (exact) mass is 576 g/mol. The Labute approximate surface area is 247 Å². The van der Waals surface area contributed by atoms with E-state index in [0.717, 1.165) is 57.7 Å². The van der Waals surface area contributed by atoms with Crippen LogP contribution in [0, 0.1) is 11.6 Å². The van der Waals surface area contributed by atoms with Crippen molar-refractivity contribution in [3.05, 3.63) is 114 Å². The van der Waals surface area contributed by atoms with Gasteiger partial charge >= 0.3 is 0 Å². The second-order valence-corrected chi connectivity index (χ2v) is 10.6. The molecule has 3 aromatic carbocycles. The first kappa shape index (κ1) is 28.0. The molecule has 43 heavy (non-hydrogen) atoms. The van der Waals surface area contributed by atoms with Crippen molar-refractivity contribution >= 4 is 22.6 Å². The Balaban J connectivity index is 1.37. The molecule has 0 radical (unpaired) electrons. The van der Waals surface area contributed by atoms with Gasteiger partial charge in [0.05, 0.1) is 0 Å². The minimum Gasteiger partial charge on any atom is -0.339 e. The van der Waals surface area contributed by atoms with Crippen LogP contribution in [0.1, 0.15) is 22.8 Å². The van der Waals surface area contributed by atoms with E-state index in [1.54, 1.807) is 24.4 Å². The number of nitrogens with one attached hydrogen (secondary N) is 2. The zero-order valence-corrected chi connectivity index (χ0v) is 24.0. The van der Waals surface area contributed by atoms with Crippen LogP contribution in [-0.2, 0) is 13.1 Å². The van der Waals surface area contributed by atoms with E-state index in [2.05, 4.69) is 50.5 Å². The lowest BCUT2D eigenvalue weighted by Gasteiger charge is -2.09. The summed E-state index contributed by atoms with van der Waals surface area (Å²) in [4.78, 5) is 22.9. The number of carbonyl (C=O) groups is 1. The largest absolute Gasteiger partial charge is 0.339 e. The number of aryl methyl sites for hydroxylation is 1. The van der Waals surface area contributed by atoms with Crippen LogP contribution >= 0.6 is 0 Å². The summed E-state index contributed by atoms with van der Waals surface area (Å²) < 4.78 is 30.3. The number of fused-ring (bicyclic) bond motifs is 1. The molecule has 6 rings (SSSR count). The molecule has 9 heteroatoms. The maximum atomic E-state index is 14.2. The highest BCUT2D eigenvalue weighted by atomic mass is 19.1. The minimum absolute atomic E-state index is 0.392. The first-order valence-electron chi connectivity index (χ1n) is 14.0. The van der Waals surface area contributed by atoms with E-state index in [9.17, 15) is 13.6 Å². The molecule has 3 heterocycles. The van der Waals surface area contributed by atoms with Gasteiger partial charge in [0.25, 0.3) is 5.91 Å². The number of H-pyrrole nitrogens is 1. The van der Waals surface area contributed by atoms with Crippen molar-refractivity contribution in [2.45, 2.75) is 20.0 Å². The molecular weight excluding hydrogens is 546 g/mol. The number of aromatic nitrogens is 4. The average Bonchev–Trinajstić information content (AvgIpc) is 3.62. The van der Waals surface area contributed by atoms with Crippen LogP contribution in [0.25, 0.3) is 44.7 Å². The van der Waals surface area contributed by atoms with Crippen LogP contribution in [0.5, 0.6) is 0 Å². The Kier molecular flexibility index (Phi) is 7.56. The quantitative estimate of drug-likeness (QED) is 0.198. The van der Waals surface area contributed by atoms with E-state index in [4.69, 9.17) is 5.10 Å². The summed E-state index contributed by atoms with van der Waals surface area (Å²) in [6.07, 6.45) is 3.76. The molecule has 0 aliphatic carbocycles. The van der Waals surface area contributed by atoms with E-state index in [1.807, 2.05) is 44.0 Å². The maximum absolute atomic E-state index is 14.2. The van der Waals surface area contributed by atoms with E-state index in [0.29, 0.717) is 17.9 Å². The molecule has 7 nitrogen and oxygen atoms in total. The van der Waals surface area contributed by atoms with Gasteiger partial charge in [-0.15, -0.1) is 0 Å². The fourth-order valence-corrected chi connectivity index (χ4v) is 5.22. The zero-order valence-electron chi connectivity index (χ0n) is 24.0. The Bertz CT molecular complexity index is 1920. The number of rotatable bonds is 8. The van der Waals surface area contributed by atoms with Gasteiger partial charge in [-0.1, -0.05) is 42.5 Å². The minimum atomic E-state index is -0.922. The predicted molar refractivity (Wildman–Crippen MR) is 166 cm³/mol. The van der Waals surface area contributed by atoms with E-state index < -0.39 is 23.1 Å². The van der Waals surface area contributed by atoms with Gasteiger partial charge in [0, 0.05) is 53.4 Å². The molecule has 0 atom stereocenters. The molecule has 0 saturated carbocycles. The van der Waals surface area contributed by atoms with Crippen molar-refractivity contribution in [3.8, 4) is 33.6 Å². The van der Waals surface area contributed by atoms with Crippen molar-refractivity contribution in [1.82, 2.24) is 24.6 Å². The Morgan fingerprint density at radius 1 is 0.930 bits per heavy atom. The lowest BCUT2D eigenvalue weighted by molar-refractivity contribution is 0.101. The average molecular weight is 577 g/mol. The van der Waals surface area contributed by atoms with Crippen LogP contribution in [-0.4, -0.2) is 44.7 Å². The molecule has 1 amide bonds. The number of carbonyl (C=O) groups excluding carboxylic acids is 1. The Morgan fingerprint density at radius 3 is 2.40 bits per heavy atom. The third-order valence-electron chi connectivity index (χ3n) is 7.26. The van der Waals surface area contributed by atoms with Gasteiger partial charge in [-0.3, -0.25) is 9.48 Å². The van der Waals surface area contributed by atoms with Gasteiger partial charge in [-0.25, -0.2) is 13.8 Å². The van der Waals surface area contributed by atoms with Crippen molar-refractivity contribution in [2.24, 2.45) is 0 Å². The molecule has 0 bridgehead atoms. The highest BCUT2D eigenvalue weighted by molar-refractivity contribution is 6.05. The summed E-state index contributed by atoms with van der Waals surface area (Å²) in [6.45, 7) is 3.53. The smallest absolute Gasteiger partial charge is 0.261 e. The number of halogens is 2. The molecule has 3 aromatic heterocycles. The number of amides is 1. The predicted octanol–water partition coefficient (Wildman–Crippen LogP) is 7.37. The number of hydrogen-bond donors (Lipinski definition) is 2. The maximum Gasteiger partial charge on any atom is 0.261 e. The molecule has 2 N–H and O–H groups in total. The highest BCUT2D eigenvalue weighted by Gasteiger charge is 2.20. The van der Waals surface area contributed by atoms with Gasteiger partial charge in [0.15, 0.2) is 0 Å². The van der Waals surface area contributed by atoms with Crippen LogP contribution in [0.4, 0.5) is 14.5 Å². The first-order valence-corrected chi connectivity index (χ1v) is 14.0. The summed E-state index contributed by atoms with van der Waals surface area (Å²) in [7, 11) is 4.10. The van der Waals surface area contributed by atoms with Crippen LogP contribution in [0.15, 0.2) is 91.3 Å². The summed E-state index contributed by atoms with van der Waals surface area (Å²) >= 11 is 0. The van der Waals surface area contributed by atoms with E-state index in [-0.39, 0.29) is 0 Å². The van der Waals surface area contributed by atoms with E-state index in [1.165, 1.54) is 11.6 Å². The summed E-state index contributed by atoms with van der Waals surface area (Å²) in [6, 6.07) is 23.0. The summed E-state index contributed by atoms with van der Waals surface area (Å²) in [5.74, 6) is -2.71. The van der Waals surface area contributed by atoms with Crippen molar-refractivity contribution in [2.75, 3.05) is 19.4 Å². The Hall–Kier alpha value is -5.15. The molecule has 0 saturated heterocycles. The summed E-state index contributed by atoms with van der Waals surface area (Å²) in [5, 5.41) is 8.41. The lowest BCUT2D eigenvalue weighted by atomic mass is 9.99. The van der Waals surface area contributed by atoms with Gasteiger partial charge in [0.2, 0.25) is 0 Å². The number of hydrogen-bond acceptors (Lipinski definition) is 4. The summed E-state index contributed by atoms with van der Waals surface area (Å²) in [5.41, 5.74) is 7.07.